The molecule has 0 saturated heterocycles. The number of nitrogens with one attached hydrogen (secondary N) is 1. The van der Waals surface area contributed by atoms with Crippen molar-refractivity contribution in [2.75, 3.05) is 0 Å². The van der Waals surface area contributed by atoms with Crippen LogP contribution in [0.3, 0.4) is 0 Å². The van der Waals surface area contributed by atoms with Crippen molar-refractivity contribution in [2.45, 2.75) is 13.5 Å². The van der Waals surface area contributed by atoms with E-state index in [1.165, 1.54) is 5.56 Å². The van der Waals surface area contributed by atoms with Gasteiger partial charge < -0.3 is 4.57 Å². The van der Waals surface area contributed by atoms with E-state index in [4.69, 9.17) is 0 Å². The van der Waals surface area contributed by atoms with Gasteiger partial charge in [-0.05, 0) is 35.7 Å². The predicted octanol–water partition coefficient (Wildman–Crippen LogP) is 4.24. The summed E-state index contributed by atoms with van der Waals surface area (Å²) >= 11 is 0. The molecular weight excluding hydrogens is 348 g/mol. The van der Waals surface area contributed by atoms with E-state index in [-0.39, 0.29) is 12.5 Å². The number of hydrogen-bond acceptors (Lipinski definition) is 3. The van der Waals surface area contributed by atoms with Crippen LogP contribution in [0.5, 0.6) is 0 Å². The summed E-state index contributed by atoms with van der Waals surface area (Å²) in [6.45, 7) is 2.05. The Bertz CT molecular complexity index is 1130. The number of hydrazone groups is 1. The van der Waals surface area contributed by atoms with Crippen LogP contribution >= 0.6 is 0 Å². The lowest BCUT2D eigenvalue weighted by Gasteiger charge is -2.06. The lowest BCUT2D eigenvalue weighted by atomic mass is 10.0. The third-order valence-corrected chi connectivity index (χ3v) is 4.60. The van der Waals surface area contributed by atoms with Gasteiger partial charge in [0.1, 0.15) is 6.54 Å². The first kappa shape index (κ1) is 17.7. The van der Waals surface area contributed by atoms with Gasteiger partial charge >= 0.3 is 0 Å². The summed E-state index contributed by atoms with van der Waals surface area (Å²) in [7, 11) is 0. The number of rotatable bonds is 5. The van der Waals surface area contributed by atoms with Crippen LogP contribution in [0.1, 0.15) is 12.5 Å². The Labute approximate surface area is 163 Å². The summed E-state index contributed by atoms with van der Waals surface area (Å²) in [5, 5.41) is 4.24. The highest BCUT2D eigenvalue weighted by molar-refractivity contribution is 5.99. The Morgan fingerprint density at radius 1 is 0.929 bits per heavy atom. The summed E-state index contributed by atoms with van der Waals surface area (Å²) in [5.41, 5.74) is 8.46. The van der Waals surface area contributed by atoms with Crippen LogP contribution in [-0.4, -0.2) is 21.2 Å². The minimum Gasteiger partial charge on any atom is -0.321 e. The van der Waals surface area contributed by atoms with E-state index in [1.807, 2.05) is 66.1 Å². The highest BCUT2D eigenvalue weighted by atomic mass is 16.2. The quantitative estimate of drug-likeness (QED) is 0.423. The number of para-hydroxylation sites is 2. The molecule has 0 saturated carbocycles. The largest absolute Gasteiger partial charge is 0.321 e. The van der Waals surface area contributed by atoms with Crippen LogP contribution in [0, 0.1) is 0 Å². The van der Waals surface area contributed by atoms with Crippen molar-refractivity contribution >= 4 is 22.7 Å². The first-order valence-electron chi connectivity index (χ1n) is 9.09. The zero-order chi connectivity index (χ0) is 19.3. The van der Waals surface area contributed by atoms with Crippen LogP contribution in [0.4, 0.5) is 0 Å². The number of imidazole rings is 1. The fourth-order valence-corrected chi connectivity index (χ4v) is 3.07. The van der Waals surface area contributed by atoms with Gasteiger partial charge in [0.15, 0.2) is 0 Å². The zero-order valence-electron chi connectivity index (χ0n) is 15.5. The zero-order valence-corrected chi connectivity index (χ0v) is 15.5. The van der Waals surface area contributed by atoms with Crippen molar-refractivity contribution in [3.05, 3.63) is 90.8 Å². The Kier molecular flexibility index (Phi) is 4.97. The summed E-state index contributed by atoms with van der Waals surface area (Å²) in [5.74, 6) is -0.191. The second-order valence-electron chi connectivity index (χ2n) is 6.54. The van der Waals surface area contributed by atoms with Crippen molar-refractivity contribution in [2.24, 2.45) is 5.10 Å². The highest BCUT2D eigenvalue weighted by Crippen LogP contribution is 2.19. The monoisotopic (exact) mass is 368 g/mol. The second kappa shape index (κ2) is 7.88. The smallest absolute Gasteiger partial charge is 0.260 e. The van der Waals surface area contributed by atoms with E-state index in [0.717, 1.165) is 27.9 Å². The van der Waals surface area contributed by atoms with Crippen LogP contribution in [0.15, 0.2) is 90.3 Å². The van der Waals surface area contributed by atoms with E-state index in [0.29, 0.717) is 0 Å². The molecule has 138 valence electrons. The third kappa shape index (κ3) is 3.83. The predicted molar refractivity (Wildman–Crippen MR) is 112 cm³/mol. The first-order valence-corrected chi connectivity index (χ1v) is 9.09. The standard InChI is InChI=1S/C23H20N4O/c1-17(18-11-13-20(14-12-18)19-7-3-2-4-8-19)25-26-23(28)15-27-16-24-21-9-5-6-10-22(21)27/h2-14,16H,15H2,1H3,(H,26,28)/b25-17-. The number of carbonyl (C=O) groups is 1. The van der Waals surface area contributed by atoms with Gasteiger partial charge in [-0.3, -0.25) is 4.79 Å². The molecule has 0 aliphatic heterocycles. The van der Waals surface area contributed by atoms with Gasteiger partial charge in [-0.2, -0.15) is 5.10 Å². The van der Waals surface area contributed by atoms with Crippen LogP contribution in [0.2, 0.25) is 0 Å². The summed E-state index contributed by atoms with van der Waals surface area (Å²) in [6, 6.07) is 26.1. The topological polar surface area (TPSA) is 59.3 Å². The molecule has 5 nitrogen and oxygen atoms in total. The normalized spacial score (nSPS) is 11.5. The minimum absolute atomic E-state index is 0.171. The molecule has 0 fully saturated rings. The number of carbonyl (C=O) groups excluding carboxylic acids is 1. The van der Waals surface area contributed by atoms with Crippen molar-refractivity contribution in [1.29, 1.82) is 0 Å². The van der Waals surface area contributed by atoms with Crippen molar-refractivity contribution in [3.63, 3.8) is 0 Å². The molecule has 5 heteroatoms. The van der Waals surface area contributed by atoms with E-state index in [9.17, 15) is 4.79 Å². The van der Waals surface area contributed by atoms with Crippen LogP contribution < -0.4 is 5.43 Å². The molecule has 0 aliphatic rings. The Hall–Kier alpha value is -3.73. The maximum absolute atomic E-state index is 12.3. The number of amides is 1. The highest BCUT2D eigenvalue weighted by Gasteiger charge is 2.07. The van der Waals surface area contributed by atoms with Gasteiger partial charge in [-0.25, -0.2) is 10.4 Å². The molecule has 4 aromatic rings. The Balaban J connectivity index is 1.42. The fraction of sp³-hybridized carbons (Fsp3) is 0.0870. The lowest BCUT2D eigenvalue weighted by Crippen LogP contribution is -2.24. The minimum atomic E-state index is -0.191. The van der Waals surface area contributed by atoms with Crippen LogP contribution in [0.25, 0.3) is 22.2 Å². The molecule has 0 aliphatic carbocycles. The maximum Gasteiger partial charge on any atom is 0.260 e. The van der Waals surface area contributed by atoms with Gasteiger partial charge in [0.25, 0.3) is 5.91 Å². The molecule has 1 heterocycles. The molecule has 0 spiro atoms. The SMILES string of the molecule is C/C(=N/NC(=O)Cn1cnc2ccccc21)c1ccc(-c2ccccc2)cc1. The van der Waals surface area contributed by atoms with E-state index < -0.39 is 0 Å². The summed E-state index contributed by atoms with van der Waals surface area (Å²) in [6.07, 6.45) is 1.67. The average Bonchev–Trinajstić information content (AvgIpc) is 3.15. The molecule has 3 aromatic carbocycles. The average molecular weight is 368 g/mol. The van der Waals surface area contributed by atoms with Gasteiger partial charge in [0, 0.05) is 0 Å². The summed E-state index contributed by atoms with van der Waals surface area (Å²) in [4.78, 5) is 16.6. The van der Waals surface area contributed by atoms with E-state index in [1.54, 1.807) is 6.33 Å². The molecule has 4 rings (SSSR count). The number of nitrogens with zero attached hydrogens (tertiary/aromatic N) is 3. The van der Waals surface area contributed by atoms with E-state index >= 15 is 0 Å². The molecule has 1 amide bonds. The van der Waals surface area contributed by atoms with Gasteiger partial charge in [0.2, 0.25) is 0 Å². The van der Waals surface area contributed by atoms with Crippen molar-refractivity contribution in [3.8, 4) is 11.1 Å². The molecule has 1 N–H and O–H groups in total. The number of hydrogen-bond donors (Lipinski definition) is 1. The molecule has 0 bridgehead atoms. The fourth-order valence-electron chi connectivity index (χ4n) is 3.07. The number of fused-ring (bicyclic) bond motifs is 1. The molecule has 28 heavy (non-hydrogen) atoms. The Morgan fingerprint density at radius 3 is 2.39 bits per heavy atom. The molecular formula is C23H20N4O. The van der Waals surface area contributed by atoms with Gasteiger partial charge in [0.05, 0.1) is 23.1 Å². The molecule has 0 radical (unpaired) electrons. The summed E-state index contributed by atoms with van der Waals surface area (Å²) < 4.78 is 1.81. The number of aromatic nitrogens is 2. The molecule has 0 unspecified atom stereocenters. The van der Waals surface area contributed by atoms with Gasteiger partial charge in [-0.1, -0.05) is 66.7 Å². The third-order valence-electron chi connectivity index (χ3n) is 4.60. The Morgan fingerprint density at radius 2 is 1.61 bits per heavy atom. The first-order chi connectivity index (χ1) is 13.7. The second-order valence-corrected chi connectivity index (χ2v) is 6.54. The van der Waals surface area contributed by atoms with Gasteiger partial charge in [-0.15, -0.1) is 0 Å². The lowest BCUT2D eigenvalue weighted by molar-refractivity contribution is -0.121. The van der Waals surface area contributed by atoms with Crippen molar-refractivity contribution < 1.29 is 4.79 Å². The van der Waals surface area contributed by atoms with Crippen LogP contribution in [-0.2, 0) is 11.3 Å². The number of benzene rings is 3. The molecule has 1 aromatic heterocycles. The molecule has 0 atom stereocenters. The van der Waals surface area contributed by atoms with Crippen molar-refractivity contribution in [1.82, 2.24) is 15.0 Å². The maximum atomic E-state index is 12.3. The van der Waals surface area contributed by atoms with E-state index in [2.05, 4.69) is 39.8 Å².